The molecule has 2 aromatic rings. The number of carbonyl (C=O) groups is 1. The van der Waals surface area contributed by atoms with E-state index in [2.05, 4.69) is 46.7 Å². The normalized spacial score (nSPS) is 15.6. The van der Waals surface area contributed by atoms with Crippen LogP contribution in [0.15, 0.2) is 54.6 Å². The van der Waals surface area contributed by atoms with E-state index in [1.807, 2.05) is 30.3 Å². The lowest BCUT2D eigenvalue weighted by molar-refractivity contribution is -0.119. The van der Waals surface area contributed by atoms with Gasteiger partial charge in [0.25, 0.3) is 0 Å². The average molecular weight is 351 g/mol. The second kappa shape index (κ2) is 9.39. The van der Waals surface area contributed by atoms with Gasteiger partial charge in [0.15, 0.2) is 0 Å². The fraction of sp³-hybridized carbons (Fsp3) is 0.409. The Morgan fingerprint density at radius 1 is 1.00 bits per heavy atom. The first-order chi connectivity index (χ1) is 12.7. The van der Waals surface area contributed by atoms with Gasteiger partial charge in [0, 0.05) is 18.8 Å². The van der Waals surface area contributed by atoms with Crippen molar-refractivity contribution in [2.45, 2.75) is 32.9 Å². The van der Waals surface area contributed by atoms with Crippen LogP contribution >= 0.6 is 0 Å². The maximum Gasteiger partial charge on any atom is 0.239 e. The first kappa shape index (κ1) is 18.5. The van der Waals surface area contributed by atoms with Gasteiger partial charge in [-0.1, -0.05) is 49.4 Å². The van der Waals surface area contributed by atoms with Gasteiger partial charge in [0.05, 0.1) is 6.54 Å². The van der Waals surface area contributed by atoms with Gasteiger partial charge in [-0.25, -0.2) is 0 Å². The smallest absolute Gasteiger partial charge is 0.239 e. The zero-order valence-corrected chi connectivity index (χ0v) is 15.6. The molecule has 1 saturated heterocycles. The summed E-state index contributed by atoms with van der Waals surface area (Å²) in [6.45, 7) is 6.63. The summed E-state index contributed by atoms with van der Waals surface area (Å²) in [6.07, 6.45) is 2.61. The van der Waals surface area contributed by atoms with E-state index in [1.54, 1.807) is 0 Å². The number of benzene rings is 2. The Morgan fingerprint density at radius 2 is 1.65 bits per heavy atom. The van der Waals surface area contributed by atoms with Crippen molar-refractivity contribution in [1.82, 2.24) is 10.2 Å². The zero-order chi connectivity index (χ0) is 18.2. The van der Waals surface area contributed by atoms with Crippen molar-refractivity contribution >= 4 is 11.6 Å². The number of anilines is 1. The standard InChI is InChI=1S/C22H29N3O/c1-18-11-13-25(14-12-18)17-20-9-7-19(8-10-20)15-24-22(26)16-23-21-5-3-2-4-6-21/h2-10,18,23H,11-17H2,1H3,(H,24,26). The third kappa shape index (κ3) is 5.88. The number of amides is 1. The summed E-state index contributed by atoms with van der Waals surface area (Å²) in [6, 6.07) is 18.4. The molecule has 0 atom stereocenters. The molecule has 0 spiro atoms. The molecule has 26 heavy (non-hydrogen) atoms. The fourth-order valence-corrected chi connectivity index (χ4v) is 3.24. The number of hydrogen-bond donors (Lipinski definition) is 2. The number of rotatable bonds is 7. The maximum atomic E-state index is 12.0. The molecule has 4 nitrogen and oxygen atoms in total. The van der Waals surface area contributed by atoms with Crippen LogP contribution in [0.3, 0.4) is 0 Å². The molecule has 1 heterocycles. The van der Waals surface area contributed by atoms with E-state index in [0.717, 1.165) is 23.7 Å². The molecule has 1 fully saturated rings. The Hall–Kier alpha value is -2.33. The van der Waals surface area contributed by atoms with Crippen molar-refractivity contribution < 1.29 is 4.79 Å². The van der Waals surface area contributed by atoms with E-state index in [9.17, 15) is 4.79 Å². The number of carbonyl (C=O) groups excluding carboxylic acids is 1. The number of piperidine rings is 1. The second-order valence-corrected chi connectivity index (χ2v) is 7.27. The lowest BCUT2D eigenvalue weighted by Crippen LogP contribution is -2.32. The van der Waals surface area contributed by atoms with Gasteiger partial charge < -0.3 is 10.6 Å². The van der Waals surface area contributed by atoms with Crippen molar-refractivity contribution in [1.29, 1.82) is 0 Å². The molecular formula is C22H29N3O. The minimum absolute atomic E-state index is 0.000339. The van der Waals surface area contributed by atoms with Crippen molar-refractivity contribution in [2.75, 3.05) is 25.0 Å². The molecule has 138 valence electrons. The summed E-state index contributed by atoms with van der Waals surface area (Å²) < 4.78 is 0. The predicted molar refractivity (Wildman–Crippen MR) is 107 cm³/mol. The van der Waals surface area contributed by atoms with Gasteiger partial charge in [0.2, 0.25) is 5.91 Å². The number of para-hydroxylation sites is 1. The van der Waals surface area contributed by atoms with E-state index < -0.39 is 0 Å². The lowest BCUT2D eigenvalue weighted by atomic mass is 9.99. The average Bonchev–Trinajstić information content (AvgIpc) is 2.68. The predicted octanol–water partition coefficient (Wildman–Crippen LogP) is 3.65. The molecule has 1 amide bonds. The summed E-state index contributed by atoms with van der Waals surface area (Å²) in [5, 5.41) is 6.08. The minimum atomic E-state index is 0.000339. The third-order valence-electron chi connectivity index (χ3n) is 5.02. The first-order valence-corrected chi connectivity index (χ1v) is 9.55. The van der Waals surface area contributed by atoms with Crippen LogP contribution < -0.4 is 10.6 Å². The molecule has 0 aromatic heterocycles. The molecule has 0 aliphatic carbocycles. The van der Waals surface area contributed by atoms with Gasteiger partial charge in [-0.15, -0.1) is 0 Å². The summed E-state index contributed by atoms with van der Waals surface area (Å²) in [5.74, 6) is 0.869. The second-order valence-electron chi connectivity index (χ2n) is 7.27. The van der Waals surface area contributed by atoms with Crippen molar-refractivity contribution in [2.24, 2.45) is 5.92 Å². The van der Waals surface area contributed by atoms with Crippen LogP contribution in [-0.4, -0.2) is 30.4 Å². The monoisotopic (exact) mass is 351 g/mol. The van der Waals surface area contributed by atoms with Crippen molar-refractivity contribution in [3.8, 4) is 0 Å². The van der Waals surface area contributed by atoms with E-state index in [0.29, 0.717) is 6.54 Å². The fourth-order valence-electron chi connectivity index (χ4n) is 3.24. The van der Waals surface area contributed by atoms with Crippen molar-refractivity contribution in [3.63, 3.8) is 0 Å². The molecule has 2 N–H and O–H groups in total. The summed E-state index contributed by atoms with van der Waals surface area (Å²) in [7, 11) is 0. The van der Waals surface area contributed by atoms with E-state index in [-0.39, 0.29) is 12.5 Å². The van der Waals surface area contributed by atoms with Crippen LogP contribution in [0.1, 0.15) is 30.9 Å². The number of hydrogen-bond acceptors (Lipinski definition) is 3. The third-order valence-corrected chi connectivity index (χ3v) is 5.02. The number of likely N-dealkylation sites (tertiary alicyclic amines) is 1. The highest BCUT2D eigenvalue weighted by Gasteiger charge is 2.15. The summed E-state index contributed by atoms with van der Waals surface area (Å²) in [4.78, 5) is 14.5. The summed E-state index contributed by atoms with van der Waals surface area (Å²) >= 11 is 0. The molecule has 1 aliphatic heterocycles. The van der Waals surface area contributed by atoms with Crippen LogP contribution in [-0.2, 0) is 17.9 Å². The van der Waals surface area contributed by atoms with Gasteiger partial charge in [0.1, 0.15) is 0 Å². The zero-order valence-electron chi connectivity index (χ0n) is 15.6. The lowest BCUT2D eigenvalue weighted by Gasteiger charge is -2.30. The maximum absolute atomic E-state index is 12.0. The minimum Gasteiger partial charge on any atom is -0.376 e. The SMILES string of the molecule is CC1CCN(Cc2ccc(CNC(=O)CNc3ccccc3)cc2)CC1. The molecular weight excluding hydrogens is 322 g/mol. The van der Waals surface area contributed by atoms with Gasteiger partial charge in [-0.3, -0.25) is 9.69 Å². The van der Waals surface area contributed by atoms with E-state index in [4.69, 9.17) is 0 Å². The molecule has 2 aromatic carbocycles. The molecule has 1 aliphatic rings. The highest BCUT2D eigenvalue weighted by Crippen LogP contribution is 2.18. The summed E-state index contributed by atoms with van der Waals surface area (Å²) in [5.41, 5.74) is 3.44. The highest BCUT2D eigenvalue weighted by atomic mass is 16.1. The Morgan fingerprint density at radius 3 is 2.35 bits per heavy atom. The Kier molecular flexibility index (Phi) is 6.67. The molecule has 0 radical (unpaired) electrons. The molecule has 0 bridgehead atoms. The van der Waals surface area contributed by atoms with Crippen LogP contribution in [0.5, 0.6) is 0 Å². The van der Waals surface area contributed by atoms with Gasteiger partial charge >= 0.3 is 0 Å². The quantitative estimate of drug-likeness (QED) is 0.800. The van der Waals surface area contributed by atoms with E-state index in [1.165, 1.54) is 31.5 Å². The first-order valence-electron chi connectivity index (χ1n) is 9.55. The van der Waals surface area contributed by atoms with Crippen LogP contribution in [0, 0.1) is 5.92 Å². The van der Waals surface area contributed by atoms with Crippen LogP contribution in [0.4, 0.5) is 5.69 Å². The molecule has 0 saturated carbocycles. The topological polar surface area (TPSA) is 44.4 Å². The van der Waals surface area contributed by atoms with Crippen molar-refractivity contribution in [3.05, 3.63) is 65.7 Å². The molecule has 0 unspecified atom stereocenters. The Bertz CT molecular complexity index is 676. The van der Waals surface area contributed by atoms with Gasteiger partial charge in [-0.05, 0) is 55.1 Å². The van der Waals surface area contributed by atoms with E-state index >= 15 is 0 Å². The molecule has 4 heteroatoms. The Balaban J connectivity index is 1.39. The Labute approximate surface area is 156 Å². The molecule has 3 rings (SSSR count). The highest BCUT2D eigenvalue weighted by molar-refractivity contribution is 5.80. The van der Waals surface area contributed by atoms with Crippen LogP contribution in [0.2, 0.25) is 0 Å². The van der Waals surface area contributed by atoms with Crippen LogP contribution in [0.25, 0.3) is 0 Å². The number of nitrogens with one attached hydrogen (secondary N) is 2. The van der Waals surface area contributed by atoms with Gasteiger partial charge in [-0.2, -0.15) is 0 Å². The largest absolute Gasteiger partial charge is 0.376 e. The number of nitrogens with zero attached hydrogens (tertiary/aromatic N) is 1.